The molecule has 0 radical (unpaired) electrons. The van der Waals surface area contributed by atoms with Crippen molar-refractivity contribution in [1.29, 1.82) is 0 Å². The molecule has 0 heterocycles. The fraction of sp³-hybridized carbons (Fsp3) is 0.143. The fourth-order valence-corrected chi connectivity index (χ4v) is 5.42. The number of methoxy groups -OCH3 is 1. The SMILES string of the molecule is COc1ccc(S(=O)(=O)Nc2cccc(F)c2C)cc1S(=O)(=O)Nc1cccc(F)c1C. The lowest BCUT2D eigenvalue weighted by molar-refractivity contribution is 0.402. The van der Waals surface area contributed by atoms with Gasteiger partial charge in [-0.15, -0.1) is 0 Å². The van der Waals surface area contributed by atoms with Crippen molar-refractivity contribution in [2.75, 3.05) is 16.6 Å². The van der Waals surface area contributed by atoms with Crippen LogP contribution in [0.1, 0.15) is 11.1 Å². The molecule has 0 atom stereocenters. The Morgan fingerprint density at radius 1 is 0.750 bits per heavy atom. The Hall–Kier alpha value is -3.18. The van der Waals surface area contributed by atoms with E-state index in [2.05, 4.69) is 9.44 Å². The largest absolute Gasteiger partial charge is 0.495 e. The van der Waals surface area contributed by atoms with Crippen molar-refractivity contribution in [1.82, 2.24) is 0 Å². The average molecular weight is 483 g/mol. The Balaban J connectivity index is 2.04. The van der Waals surface area contributed by atoms with Crippen LogP contribution in [0.5, 0.6) is 5.75 Å². The summed E-state index contributed by atoms with van der Waals surface area (Å²) in [4.78, 5) is -0.860. The second-order valence-electron chi connectivity index (χ2n) is 6.85. The molecule has 170 valence electrons. The third-order valence-corrected chi connectivity index (χ3v) is 7.51. The zero-order valence-corrected chi connectivity index (χ0v) is 18.9. The number of rotatable bonds is 7. The molecule has 0 unspecified atom stereocenters. The Bertz CT molecular complexity index is 1390. The minimum absolute atomic E-state index is 0.00572. The van der Waals surface area contributed by atoms with Gasteiger partial charge in [-0.05, 0) is 56.3 Å². The van der Waals surface area contributed by atoms with Crippen LogP contribution in [-0.4, -0.2) is 23.9 Å². The standard InChI is InChI=1S/C21H20F2N2O5S2/c1-13-16(22)6-4-8-18(13)24-31(26,27)15-10-11-20(30-3)21(12-15)32(28,29)25-19-9-5-7-17(23)14(19)2/h4-12,24-25H,1-3H3. The summed E-state index contributed by atoms with van der Waals surface area (Å²) in [5, 5.41) is 0. The molecule has 3 aromatic carbocycles. The number of benzene rings is 3. The molecule has 0 amide bonds. The fourth-order valence-electron chi connectivity index (χ4n) is 2.87. The topological polar surface area (TPSA) is 102 Å². The normalized spacial score (nSPS) is 11.8. The molecular weight excluding hydrogens is 462 g/mol. The molecule has 3 rings (SSSR count). The summed E-state index contributed by atoms with van der Waals surface area (Å²) < 4.78 is 88.9. The highest BCUT2D eigenvalue weighted by molar-refractivity contribution is 7.93. The average Bonchev–Trinajstić information content (AvgIpc) is 2.74. The van der Waals surface area contributed by atoms with Crippen molar-refractivity contribution in [3.05, 3.63) is 77.4 Å². The first-order valence-electron chi connectivity index (χ1n) is 9.20. The minimum Gasteiger partial charge on any atom is -0.495 e. The molecule has 0 spiro atoms. The quantitative estimate of drug-likeness (QED) is 0.526. The molecule has 0 aliphatic rings. The van der Waals surface area contributed by atoms with Gasteiger partial charge in [0, 0.05) is 11.1 Å². The lowest BCUT2D eigenvalue weighted by atomic mass is 10.2. The van der Waals surface area contributed by atoms with E-state index in [1.807, 2.05) is 0 Å². The number of sulfonamides is 2. The van der Waals surface area contributed by atoms with Gasteiger partial charge in [-0.25, -0.2) is 25.6 Å². The van der Waals surface area contributed by atoms with Crippen molar-refractivity contribution in [3.63, 3.8) is 0 Å². The molecule has 0 saturated heterocycles. The van der Waals surface area contributed by atoms with E-state index in [0.29, 0.717) is 0 Å². The zero-order valence-electron chi connectivity index (χ0n) is 17.3. The van der Waals surface area contributed by atoms with E-state index >= 15 is 0 Å². The van der Waals surface area contributed by atoms with Crippen LogP contribution in [0.2, 0.25) is 0 Å². The van der Waals surface area contributed by atoms with Crippen LogP contribution in [0.3, 0.4) is 0 Å². The molecule has 7 nitrogen and oxygen atoms in total. The molecule has 32 heavy (non-hydrogen) atoms. The van der Waals surface area contributed by atoms with Crippen LogP contribution in [-0.2, 0) is 20.0 Å². The summed E-state index contributed by atoms with van der Waals surface area (Å²) in [6, 6.07) is 11.0. The third kappa shape index (κ3) is 4.68. The van der Waals surface area contributed by atoms with Gasteiger partial charge in [0.25, 0.3) is 20.0 Å². The molecule has 0 fully saturated rings. The molecule has 0 aliphatic heterocycles. The lowest BCUT2D eigenvalue weighted by Crippen LogP contribution is -2.18. The molecule has 0 saturated carbocycles. The van der Waals surface area contributed by atoms with E-state index in [0.717, 1.165) is 12.1 Å². The second kappa shape index (κ2) is 8.75. The monoisotopic (exact) mass is 482 g/mol. The molecule has 0 bridgehead atoms. The van der Waals surface area contributed by atoms with Gasteiger partial charge in [-0.3, -0.25) is 9.44 Å². The molecule has 3 aromatic rings. The van der Waals surface area contributed by atoms with Crippen LogP contribution in [0.25, 0.3) is 0 Å². The number of ether oxygens (including phenoxy) is 1. The van der Waals surface area contributed by atoms with Gasteiger partial charge in [0.05, 0.1) is 23.4 Å². The number of nitrogens with one attached hydrogen (secondary N) is 2. The van der Waals surface area contributed by atoms with Gasteiger partial charge in [-0.1, -0.05) is 12.1 Å². The maximum atomic E-state index is 13.8. The Morgan fingerprint density at radius 2 is 1.25 bits per heavy atom. The van der Waals surface area contributed by atoms with E-state index in [-0.39, 0.29) is 28.3 Å². The molecule has 0 aromatic heterocycles. The van der Waals surface area contributed by atoms with Gasteiger partial charge in [0.1, 0.15) is 22.3 Å². The molecular formula is C21H20F2N2O5S2. The summed E-state index contributed by atoms with van der Waals surface area (Å²) in [6.07, 6.45) is 0. The summed E-state index contributed by atoms with van der Waals surface area (Å²) in [5.74, 6) is -1.33. The first-order chi connectivity index (χ1) is 15.0. The predicted octanol–water partition coefficient (Wildman–Crippen LogP) is 4.19. The Labute approximate surface area is 185 Å². The first kappa shape index (κ1) is 23.5. The van der Waals surface area contributed by atoms with E-state index in [1.54, 1.807) is 0 Å². The Kier molecular flexibility index (Phi) is 6.42. The Morgan fingerprint density at radius 3 is 1.75 bits per heavy atom. The number of hydrogen-bond acceptors (Lipinski definition) is 5. The van der Waals surface area contributed by atoms with Gasteiger partial charge < -0.3 is 4.74 Å². The number of anilines is 2. The summed E-state index contributed by atoms with van der Waals surface area (Å²) in [5.41, 5.74) is 0.162. The highest BCUT2D eigenvalue weighted by Gasteiger charge is 2.25. The third-order valence-electron chi connectivity index (χ3n) is 4.76. The van der Waals surface area contributed by atoms with Gasteiger partial charge in [-0.2, -0.15) is 0 Å². The van der Waals surface area contributed by atoms with Gasteiger partial charge in [0.2, 0.25) is 0 Å². The van der Waals surface area contributed by atoms with E-state index in [1.165, 1.54) is 63.4 Å². The van der Waals surface area contributed by atoms with Gasteiger partial charge in [0.15, 0.2) is 0 Å². The maximum Gasteiger partial charge on any atom is 0.265 e. The minimum atomic E-state index is -4.36. The summed E-state index contributed by atoms with van der Waals surface area (Å²) in [6.45, 7) is 2.80. The van der Waals surface area contributed by atoms with Crippen LogP contribution in [0.4, 0.5) is 20.2 Å². The van der Waals surface area contributed by atoms with Crippen molar-refractivity contribution < 1.29 is 30.4 Å². The van der Waals surface area contributed by atoms with Crippen molar-refractivity contribution in [2.45, 2.75) is 23.6 Å². The molecule has 2 N–H and O–H groups in total. The van der Waals surface area contributed by atoms with E-state index in [9.17, 15) is 25.6 Å². The van der Waals surface area contributed by atoms with E-state index < -0.39 is 41.5 Å². The van der Waals surface area contributed by atoms with Crippen LogP contribution < -0.4 is 14.2 Å². The zero-order chi connectivity index (χ0) is 23.7. The lowest BCUT2D eigenvalue weighted by Gasteiger charge is -2.16. The van der Waals surface area contributed by atoms with Crippen LogP contribution in [0, 0.1) is 25.5 Å². The number of halogens is 2. The highest BCUT2D eigenvalue weighted by Crippen LogP contribution is 2.31. The van der Waals surface area contributed by atoms with Crippen LogP contribution >= 0.6 is 0 Å². The molecule has 11 heteroatoms. The molecule has 0 aliphatic carbocycles. The smallest absolute Gasteiger partial charge is 0.265 e. The highest BCUT2D eigenvalue weighted by atomic mass is 32.2. The second-order valence-corrected chi connectivity index (χ2v) is 10.2. The van der Waals surface area contributed by atoms with Gasteiger partial charge >= 0.3 is 0 Å². The van der Waals surface area contributed by atoms with Crippen molar-refractivity contribution in [2.24, 2.45) is 0 Å². The first-order valence-corrected chi connectivity index (χ1v) is 12.2. The van der Waals surface area contributed by atoms with Crippen molar-refractivity contribution >= 4 is 31.4 Å². The predicted molar refractivity (Wildman–Crippen MR) is 117 cm³/mol. The maximum absolute atomic E-state index is 13.8. The van der Waals surface area contributed by atoms with Crippen molar-refractivity contribution in [3.8, 4) is 5.75 Å². The summed E-state index contributed by atoms with van der Waals surface area (Å²) >= 11 is 0. The van der Waals surface area contributed by atoms with Crippen LogP contribution in [0.15, 0.2) is 64.4 Å². The number of hydrogen-bond donors (Lipinski definition) is 2. The summed E-state index contributed by atoms with van der Waals surface area (Å²) in [7, 11) is -7.41. The van der Waals surface area contributed by atoms with E-state index in [4.69, 9.17) is 4.74 Å².